The number of anilines is 1. The number of tetrazole rings is 1. The quantitative estimate of drug-likeness (QED) is 0.765. The number of thiophene rings is 1. The van der Waals surface area contributed by atoms with Gasteiger partial charge in [-0.2, -0.15) is 0 Å². The summed E-state index contributed by atoms with van der Waals surface area (Å²) in [5, 5.41) is 21.2. The molecule has 8 heteroatoms. The van der Waals surface area contributed by atoms with Crippen LogP contribution in [0.1, 0.15) is 0 Å². The molecule has 2 aromatic heterocycles. The van der Waals surface area contributed by atoms with E-state index in [1.807, 2.05) is 0 Å². The highest BCUT2D eigenvalue weighted by atomic mass is 32.1. The van der Waals surface area contributed by atoms with Crippen molar-refractivity contribution in [2.45, 2.75) is 6.54 Å². The van der Waals surface area contributed by atoms with Crippen molar-refractivity contribution in [1.29, 1.82) is 0 Å². The van der Waals surface area contributed by atoms with Gasteiger partial charge in [-0.3, -0.25) is 4.79 Å². The highest BCUT2D eigenvalue weighted by Gasteiger charge is 2.14. The van der Waals surface area contributed by atoms with E-state index < -0.39 is 5.97 Å². The summed E-state index contributed by atoms with van der Waals surface area (Å²) < 4.78 is 1.20. The number of nitrogens with two attached hydrogens (primary N) is 1. The van der Waals surface area contributed by atoms with Crippen LogP contribution in [0.2, 0.25) is 0 Å². The molecule has 2 heterocycles. The van der Waals surface area contributed by atoms with Crippen LogP contribution in [0.5, 0.6) is 0 Å². The van der Waals surface area contributed by atoms with Gasteiger partial charge in [-0.1, -0.05) is 0 Å². The number of carbonyl (C=O) groups is 1. The fourth-order valence-electron chi connectivity index (χ4n) is 1.10. The summed E-state index contributed by atoms with van der Waals surface area (Å²) in [6.07, 6.45) is 0. The third kappa shape index (κ3) is 1.79. The van der Waals surface area contributed by atoms with Crippen LogP contribution in [0.3, 0.4) is 0 Å². The van der Waals surface area contributed by atoms with Gasteiger partial charge < -0.3 is 10.8 Å². The van der Waals surface area contributed by atoms with Gasteiger partial charge in [-0.15, -0.1) is 16.4 Å². The highest BCUT2D eigenvalue weighted by molar-refractivity contribution is 7.14. The number of carboxylic acids is 1. The van der Waals surface area contributed by atoms with Gasteiger partial charge in [0.05, 0.1) is 10.6 Å². The largest absolute Gasteiger partial charge is 0.480 e. The fraction of sp³-hybridized carbons (Fsp3) is 0.143. The van der Waals surface area contributed by atoms with Gasteiger partial charge in [0.2, 0.25) is 0 Å². The molecule has 0 aliphatic heterocycles. The molecule has 0 atom stereocenters. The van der Waals surface area contributed by atoms with Gasteiger partial charge in [-0.25, -0.2) is 4.68 Å². The monoisotopic (exact) mass is 225 g/mol. The predicted molar refractivity (Wildman–Crippen MR) is 53.2 cm³/mol. The summed E-state index contributed by atoms with van der Waals surface area (Å²) in [7, 11) is 0. The third-order valence-electron chi connectivity index (χ3n) is 1.72. The lowest BCUT2D eigenvalue weighted by molar-refractivity contribution is -0.137. The molecule has 0 spiro atoms. The van der Waals surface area contributed by atoms with Crippen LogP contribution >= 0.6 is 11.3 Å². The molecule has 78 valence electrons. The van der Waals surface area contributed by atoms with Crippen LogP contribution in [0.4, 0.5) is 5.69 Å². The Balaban J connectivity index is 2.41. The maximum Gasteiger partial charge on any atom is 0.325 e. The topological polar surface area (TPSA) is 107 Å². The molecule has 0 aliphatic rings. The predicted octanol–water partition coefficient (Wildman–Crippen LogP) is 0.0684. The molecule has 0 saturated heterocycles. The number of hydrogen-bond donors (Lipinski definition) is 2. The maximum absolute atomic E-state index is 10.5. The van der Waals surface area contributed by atoms with Crippen LogP contribution in [-0.2, 0) is 11.3 Å². The van der Waals surface area contributed by atoms with E-state index >= 15 is 0 Å². The van der Waals surface area contributed by atoms with Crippen molar-refractivity contribution < 1.29 is 9.90 Å². The molecule has 15 heavy (non-hydrogen) atoms. The Morgan fingerprint density at radius 1 is 1.67 bits per heavy atom. The van der Waals surface area contributed by atoms with Crippen LogP contribution in [0, 0.1) is 0 Å². The molecule has 0 aliphatic carbocycles. The van der Waals surface area contributed by atoms with Crippen LogP contribution < -0.4 is 5.73 Å². The number of hydrogen-bond acceptors (Lipinski definition) is 6. The fourth-order valence-corrected chi connectivity index (χ4v) is 1.91. The normalized spacial score (nSPS) is 10.4. The first kappa shape index (κ1) is 9.59. The van der Waals surface area contributed by atoms with E-state index in [1.54, 1.807) is 11.4 Å². The van der Waals surface area contributed by atoms with E-state index in [-0.39, 0.29) is 6.54 Å². The molecule has 2 aromatic rings. The summed E-state index contributed by atoms with van der Waals surface area (Å²) >= 11 is 1.37. The second kappa shape index (κ2) is 3.65. The molecule has 2 rings (SSSR count). The first-order chi connectivity index (χ1) is 7.18. The zero-order valence-corrected chi connectivity index (χ0v) is 8.31. The molecular weight excluding hydrogens is 218 g/mol. The number of nitrogen functional groups attached to an aromatic ring is 1. The number of aromatic nitrogens is 4. The van der Waals surface area contributed by atoms with Crippen molar-refractivity contribution in [3.63, 3.8) is 0 Å². The zero-order valence-electron chi connectivity index (χ0n) is 7.49. The van der Waals surface area contributed by atoms with Crippen LogP contribution in [0.15, 0.2) is 11.4 Å². The van der Waals surface area contributed by atoms with Crippen molar-refractivity contribution in [2.24, 2.45) is 0 Å². The minimum atomic E-state index is -1.00. The molecule has 0 fully saturated rings. The lowest BCUT2D eigenvalue weighted by Gasteiger charge is -1.99. The molecule has 0 aromatic carbocycles. The Morgan fingerprint density at radius 3 is 3.07 bits per heavy atom. The van der Waals surface area contributed by atoms with E-state index in [0.29, 0.717) is 16.4 Å². The number of aliphatic carboxylic acids is 1. The molecule has 0 amide bonds. The first-order valence-electron chi connectivity index (χ1n) is 4.00. The van der Waals surface area contributed by atoms with Gasteiger partial charge in [0.25, 0.3) is 0 Å². The average molecular weight is 225 g/mol. The molecular formula is C7H7N5O2S. The minimum Gasteiger partial charge on any atom is -0.480 e. The molecule has 0 radical (unpaired) electrons. The zero-order chi connectivity index (χ0) is 10.8. The van der Waals surface area contributed by atoms with Gasteiger partial charge in [0.1, 0.15) is 6.54 Å². The van der Waals surface area contributed by atoms with Crippen molar-refractivity contribution in [3.8, 4) is 10.7 Å². The third-order valence-corrected chi connectivity index (χ3v) is 2.64. The van der Waals surface area contributed by atoms with E-state index in [9.17, 15) is 4.79 Å². The van der Waals surface area contributed by atoms with Crippen molar-refractivity contribution >= 4 is 23.0 Å². The number of rotatable bonds is 3. The molecule has 0 unspecified atom stereocenters. The number of carboxylic acid groups (broad SMARTS) is 1. The summed E-state index contributed by atoms with van der Waals surface area (Å²) in [5.74, 6) is -0.622. The van der Waals surface area contributed by atoms with Crippen molar-refractivity contribution in [1.82, 2.24) is 20.2 Å². The summed E-state index contributed by atoms with van der Waals surface area (Å²) in [4.78, 5) is 11.2. The van der Waals surface area contributed by atoms with E-state index in [0.717, 1.165) is 0 Å². The SMILES string of the molecule is Nc1ccsc1-c1nnnn1CC(=O)O. The summed E-state index contributed by atoms with van der Waals surface area (Å²) in [5.41, 5.74) is 6.23. The Labute approximate surface area is 88.1 Å². The van der Waals surface area contributed by atoms with Gasteiger partial charge in [-0.05, 0) is 21.9 Å². The Kier molecular flexibility index (Phi) is 2.34. The summed E-state index contributed by atoms with van der Waals surface area (Å²) in [6.45, 7) is -0.278. The van der Waals surface area contributed by atoms with E-state index in [1.165, 1.54) is 16.0 Å². The van der Waals surface area contributed by atoms with Gasteiger partial charge in [0, 0.05) is 0 Å². The van der Waals surface area contributed by atoms with Crippen molar-refractivity contribution in [3.05, 3.63) is 11.4 Å². The smallest absolute Gasteiger partial charge is 0.325 e. The van der Waals surface area contributed by atoms with Gasteiger partial charge >= 0.3 is 5.97 Å². The van der Waals surface area contributed by atoms with Crippen molar-refractivity contribution in [2.75, 3.05) is 5.73 Å². The maximum atomic E-state index is 10.5. The lowest BCUT2D eigenvalue weighted by atomic mass is 10.4. The Morgan fingerprint density at radius 2 is 2.47 bits per heavy atom. The lowest BCUT2D eigenvalue weighted by Crippen LogP contribution is -2.11. The summed E-state index contributed by atoms with van der Waals surface area (Å²) in [6, 6.07) is 1.72. The number of nitrogens with zero attached hydrogens (tertiary/aromatic N) is 4. The Bertz CT molecular complexity index is 491. The van der Waals surface area contributed by atoms with Crippen LogP contribution in [0.25, 0.3) is 10.7 Å². The first-order valence-corrected chi connectivity index (χ1v) is 4.87. The molecule has 7 nitrogen and oxygen atoms in total. The van der Waals surface area contributed by atoms with Gasteiger partial charge in [0.15, 0.2) is 5.82 Å². The van der Waals surface area contributed by atoms with Crippen LogP contribution in [-0.4, -0.2) is 31.3 Å². The standard InChI is InChI=1S/C7H7N5O2S/c8-4-1-2-15-6(4)7-9-10-11-12(7)3-5(13)14/h1-2H,3,8H2,(H,13,14). The highest BCUT2D eigenvalue weighted by Crippen LogP contribution is 2.29. The van der Waals surface area contributed by atoms with E-state index in [4.69, 9.17) is 10.8 Å². The second-order valence-corrected chi connectivity index (χ2v) is 3.68. The second-order valence-electron chi connectivity index (χ2n) is 2.76. The minimum absolute atomic E-state index is 0.278. The van der Waals surface area contributed by atoms with E-state index in [2.05, 4.69) is 15.5 Å². The molecule has 0 bridgehead atoms. The molecule has 0 saturated carbocycles. The average Bonchev–Trinajstić information content (AvgIpc) is 2.73. The Hall–Kier alpha value is -1.96. The molecule has 3 N–H and O–H groups in total.